The zero-order valence-corrected chi connectivity index (χ0v) is 23.8. The van der Waals surface area contributed by atoms with Crippen LogP contribution in [-0.4, -0.2) is 53.0 Å². The molecule has 5 rings (SSSR count). The molecular weight excluding hydrogens is 502 g/mol. The van der Waals surface area contributed by atoms with E-state index in [-0.39, 0.29) is 23.8 Å². The van der Waals surface area contributed by atoms with Crippen molar-refractivity contribution < 1.29 is 19.1 Å². The maximum atomic E-state index is 14.0. The van der Waals surface area contributed by atoms with Crippen molar-refractivity contribution in [2.75, 3.05) is 11.9 Å². The summed E-state index contributed by atoms with van der Waals surface area (Å²) in [6.45, 7) is 11.0. The van der Waals surface area contributed by atoms with Crippen molar-refractivity contribution in [3.8, 4) is 0 Å². The molecule has 206 valence electrons. The molecular formula is C30H40ClN3O4. The highest BCUT2D eigenvalue weighted by Crippen LogP contribution is 2.55. The van der Waals surface area contributed by atoms with Crippen molar-refractivity contribution in [3.63, 3.8) is 0 Å². The summed E-state index contributed by atoms with van der Waals surface area (Å²) >= 11 is 6.27. The van der Waals surface area contributed by atoms with Crippen LogP contribution in [0, 0.1) is 36.5 Å². The highest BCUT2D eigenvalue weighted by atomic mass is 35.5. The third-order valence-electron chi connectivity index (χ3n) is 9.35. The number of nitrogens with one attached hydrogen (secondary N) is 2. The smallest absolute Gasteiger partial charge is 0.246 e. The van der Waals surface area contributed by atoms with Gasteiger partial charge in [-0.25, -0.2) is 0 Å². The molecule has 1 saturated carbocycles. The van der Waals surface area contributed by atoms with Crippen LogP contribution in [0.1, 0.15) is 58.9 Å². The van der Waals surface area contributed by atoms with Gasteiger partial charge in [0.15, 0.2) is 0 Å². The molecule has 38 heavy (non-hydrogen) atoms. The number of nitrogens with zero attached hydrogens (tertiary/aromatic N) is 1. The molecule has 1 aliphatic carbocycles. The van der Waals surface area contributed by atoms with Gasteiger partial charge < -0.3 is 20.3 Å². The minimum absolute atomic E-state index is 0.0664. The number of fused-ring (bicyclic) bond motifs is 1. The van der Waals surface area contributed by atoms with Crippen LogP contribution in [0.15, 0.2) is 30.4 Å². The lowest BCUT2D eigenvalue weighted by Gasteiger charge is -2.38. The Labute approximate surface area is 230 Å². The van der Waals surface area contributed by atoms with E-state index in [1.54, 1.807) is 17.0 Å². The van der Waals surface area contributed by atoms with Crippen LogP contribution in [0.3, 0.4) is 0 Å². The first-order chi connectivity index (χ1) is 18.0. The Kier molecular flexibility index (Phi) is 7.38. The topological polar surface area (TPSA) is 87.7 Å². The van der Waals surface area contributed by atoms with Crippen LogP contribution in [-0.2, 0) is 19.1 Å². The largest absolute Gasteiger partial charge is 0.359 e. The van der Waals surface area contributed by atoms with Gasteiger partial charge in [-0.05, 0) is 55.2 Å². The number of carbonyl (C=O) groups is 3. The van der Waals surface area contributed by atoms with Crippen LogP contribution < -0.4 is 10.6 Å². The number of rotatable bonds is 7. The van der Waals surface area contributed by atoms with Crippen molar-refractivity contribution in [1.82, 2.24) is 10.2 Å². The summed E-state index contributed by atoms with van der Waals surface area (Å²) in [4.78, 5) is 43.3. The predicted octanol–water partition coefficient (Wildman–Crippen LogP) is 4.72. The van der Waals surface area contributed by atoms with E-state index in [0.717, 1.165) is 24.8 Å². The minimum atomic E-state index is -1.14. The Hall–Kier alpha value is -2.38. The van der Waals surface area contributed by atoms with Crippen molar-refractivity contribution in [2.45, 2.75) is 84.1 Å². The fourth-order valence-electron chi connectivity index (χ4n) is 6.85. The van der Waals surface area contributed by atoms with Crippen molar-refractivity contribution >= 4 is 35.0 Å². The van der Waals surface area contributed by atoms with Crippen LogP contribution in [0.25, 0.3) is 0 Å². The number of likely N-dealkylation sites (tertiary alicyclic amines) is 1. The Morgan fingerprint density at radius 2 is 1.97 bits per heavy atom. The number of ether oxygens (including phenoxy) is 1. The van der Waals surface area contributed by atoms with Gasteiger partial charge in [-0.15, -0.1) is 0 Å². The zero-order chi connectivity index (χ0) is 27.4. The molecule has 8 unspecified atom stereocenters. The summed E-state index contributed by atoms with van der Waals surface area (Å²) in [6.07, 6.45) is 7.12. The number of hydrogen-bond acceptors (Lipinski definition) is 4. The third-order valence-corrected chi connectivity index (χ3v) is 9.75. The van der Waals surface area contributed by atoms with Crippen molar-refractivity contribution in [1.29, 1.82) is 0 Å². The molecule has 8 atom stereocenters. The molecule has 8 heteroatoms. The standard InChI is InChI=1S/C30H40ClN3O4/c1-16(2)12-14-34-26(28(36)33-22-8-6-7-17(3)19(22)5)30-13-11-23(38-30)24(25(30)29(34)37)27(35)32-20-10-9-18(4)21(31)15-20/h9-11,13,15-17,19,22-26H,6-8,12,14H2,1-5H3,(H,32,35)(H,33,36). The van der Waals surface area contributed by atoms with E-state index in [9.17, 15) is 14.4 Å². The number of amides is 3. The van der Waals surface area contributed by atoms with E-state index >= 15 is 0 Å². The van der Waals surface area contributed by atoms with Gasteiger partial charge in [0.25, 0.3) is 0 Å². The molecule has 1 aromatic carbocycles. The predicted molar refractivity (Wildman–Crippen MR) is 148 cm³/mol. The summed E-state index contributed by atoms with van der Waals surface area (Å²) in [6, 6.07) is 4.63. The van der Waals surface area contributed by atoms with Gasteiger partial charge in [-0.1, -0.05) is 70.4 Å². The molecule has 2 bridgehead atoms. The molecule has 1 spiro atoms. The highest BCUT2D eigenvalue weighted by Gasteiger charge is 2.72. The summed E-state index contributed by atoms with van der Waals surface area (Å²) in [5.74, 6) is -0.856. The Morgan fingerprint density at radius 1 is 1.21 bits per heavy atom. The highest BCUT2D eigenvalue weighted by molar-refractivity contribution is 6.31. The number of benzene rings is 1. The first-order valence-corrected chi connectivity index (χ1v) is 14.5. The zero-order valence-electron chi connectivity index (χ0n) is 23.0. The normalized spacial score (nSPS) is 35.6. The summed E-state index contributed by atoms with van der Waals surface area (Å²) in [5, 5.41) is 6.80. The summed E-state index contributed by atoms with van der Waals surface area (Å²) in [7, 11) is 0. The Morgan fingerprint density at radius 3 is 2.68 bits per heavy atom. The van der Waals surface area contributed by atoms with Crippen LogP contribution in [0.4, 0.5) is 5.69 Å². The average molecular weight is 542 g/mol. The molecule has 2 saturated heterocycles. The fraction of sp³-hybridized carbons (Fsp3) is 0.633. The lowest BCUT2D eigenvalue weighted by atomic mass is 9.73. The third kappa shape index (κ3) is 4.56. The van der Waals surface area contributed by atoms with Gasteiger partial charge >= 0.3 is 0 Å². The maximum Gasteiger partial charge on any atom is 0.246 e. The molecule has 3 heterocycles. The Balaban J connectivity index is 1.43. The van der Waals surface area contributed by atoms with Gasteiger partial charge in [-0.2, -0.15) is 0 Å². The number of carbonyl (C=O) groups excluding carboxylic acids is 3. The van der Waals surface area contributed by atoms with E-state index in [2.05, 4.69) is 38.3 Å². The van der Waals surface area contributed by atoms with E-state index in [4.69, 9.17) is 16.3 Å². The van der Waals surface area contributed by atoms with Crippen molar-refractivity contribution in [2.24, 2.45) is 29.6 Å². The Bertz CT molecular complexity index is 1150. The van der Waals surface area contributed by atoms with Gasteiger partial charge in [0.05, 0.1) is 17.9 Å². The molecule has 0 aromatic heterocycles. The van der Waals surface area contributed by atoms with Gasteiger partial charge in [0, 0.05) is 23.3 Å². The summed E-state index contributed by atoms with van der Waals surface area (Å²) in [5.41, 5.74) is 0.347. The number of aryl methyl sites for hydroxylation is 1. The van der Waals surface area contributed by atoms with Gasteiger partial charge in [0.2, 0.25) is 17.7 Å². The quantitative estimate of drug-likeness (QED) is 0.489. The molecule has 3 aliphatic heterocycles. The summed E-state index contributed by atoms with van der Waals surface area (Å²) < 4.78 is 6.46. The van der Waals surface area contributed by atoms with Crippen LogP contribution in [0.2, 0.25) is 5.02 Å². The molecule has 0 radical (unpaired) electrons. The monoisotopic (exact) mass is 541 g/mol. The molecule has 3 amide bonds. The van der Waals surface area contributed by atoms with E-state index < -0.39 is 29.6 Å². The molecule has 7 nitrogen and oxygen atoms in total. The second kappa shape index (κ2) is 10.3. The molecule has 3 fully saturated rings. The number of anilines is 1. The SMILES string of the molecule is Cc1ccc(NC(=O)C2C3C=CC4(O3)C2C(=O)N(CCC(C)C)C4C(=O)NC2CCCC(C)C2C)cc1Cl. The second-order valence-electron chi connectivity index (χ2n) is 12.3. The molecule has 1 aromatic rings. The molecule has 4 aliphatic rings. The van der Waals surface area contributed by atoms with E-state index in [1.165, 1.54) is 6.42 Å². The molecule has 2 N–H and O–H groups in total. The fourth-order valence-corrected chi connectivity index (χ4v) is 7.03. The van der Waals surface area contributed by atoms with E-state index in [1.807, 2.05) is 25.1 Å². The first kappa shape index (κ1) is 27.2. The number of hydrogen-bond donors (Lipinski definition) is 2. The second-order valence-corrected chi connectivity index (χ2v) is 12.7. The van der Waals surface area contributed by atoms with Gasteiger partial charge in [-0.3, -0.25) is 14.4 Å². The minimum Gasteiger partial charge on any atom is -0.359 e. The van der Waals surface area contributed by atoms with Gasteiger partial charge in [0.1, 0.15) is 11.6 Å². The van der Waals surface area contributed by atoms with E-state index in [0.29, 0.717) is 35.0 Å². The van der Waals surface area contributed by atoms with Crippen LogP contribution >= 0.6 is 11.6 Å². The van der Waals surface area contributed by atoms with Crippen molar-refractivity contribution in [3.05, 3.63) is 40.9 Å². The maximum absolute atomic E-state index is 14.0. The lowest BCUT2D eigenvalue weighted by Crippen LogP contribution is -2.58. The first-order valence-electron chi connectivity index (χ1n) is 14.1. The average Bonchev–Trinajstić information content (AvgIpc) is 3.50. The lowest BCUT2D eigenvalue weighted by molar-refractivity contribution is -0.141. The number of halogens is 1. The van der Waals surface area contributed by atoms with Crippen LogP contribution in [0.5, 0.6) is 0 Å².